The molecule has 0 amide bonds. The second-order valence-electron chi connectivity index (χ2n) is 5.10. The van der Waals surface area contributed by atoms with Gasteiger partial charge >= 0.3 is 0 Å². The van der Waals surface area contributed by atoms with Gasteiger partial charge in [0.2, 0.25) is 0 Å². The number of fused-ring (bicyclic) bond motifs is 1. The van der Waals surface area contributed by atoms with Crippen molar-refractivity contribution in [2.24, 2.45) is 0 Å². The van der Waals surface area contributed by atoms with Gasteiger partial charge in [-0.2, -0.15) is 0 Å². The Morgan fingerprint density at radius 1 is 1.42 bits per heavy atom. The lowest BCUT2D eigenvalue weighted by molar-refractivity contribution is -0.0175. The maximum Gasteiger partial charge on any atom is 0.110 e. The normalized spacial score (nSPS) is 26.7. The van der Waals surface area contributed by atoms with Crippen molar-refractivity contribution < 1.29 is 9.84 Å². The first-order valence-corrected chi connectivity index (χ1v) is 6.61. The molecule has 1 aliphatic heterocycles. The number of hydrogen-bond acceptors (Lipinski definition) is 4. The maximum absolute atomic E-state index is 10.5. The quantitative estimate of drug-likeness (QED) is 0.886. The molecule has 0 spiro atoms. The fraction of sp³-hybridized carbons (Fsp3) is 0.400. The highest BCUT2D eigenvalue weighted by Crippen LogP contribution is 2.27. The number of hydrogen-bond donors (Lipinski definition) is 2. The van der Waals surface area contributed by atoms with Gasteiger partial charge in [0.15, 0.2) is 0 Å². The molecule has 2 heterocycles. The number of ether oxygens (including phenoxy) is 1. The average molecular weight is 258 g/mol. The van der Waals surface area contributed by atoms with E-state index in [9.17, 15) is 5.11 Å². The molecule has 4 nitrogen and oxygen atoms in total. The lowest BCUT2D eigenvalue weighted by atomic mass is 9.96. The summed E-state index contributed by atoms with van der Waals surface area (Å²) in [6, 6.07) is 9.91. The van der Waals surface area contributed by atoms with Gasteiger partial charge in [-0.3, -0.25) is 4.98 Å². The zero-order valence-electron chi connectivity index (χ0n) is 11.0. The van der Waals surface area contributed by atoms with Crippen molar-refractivity contribution in [2.75, 3.05) is 18.5 Å². The fourth-order valence-corrected chi connectivity index (χ4v) is 2.50. The van der Waals surface area contributed by atoms with Gasteiger partial charge in [-0.15, -0.1) is 0 Å². The minimum Gasteiger partial charge on any atom is -0.385 e. The van der Waals surface area contributed by atoms with E-state index in [1.165, 1.54) is 0 Å². The van der Waals surface area contributed by atoms with Crippen LogP contribution in [0.3, 0.4) is 0 Å². The summed E-state index contributed by atoms with van der Waals surface area (Å²) in [5.41, 5.74) is 1.16. The van der Waals surface area contributed by atoms with Crippen LogP contribution >= 0.6 is 0 Å². The van der Waals surface area contributed by atoms with Crippen LogP contribution in [0.15, 0.2) is 36.5 Å². The van der Waals surface area contributed by atoms with Gasteiger partial charge in [0.1, 0.15) is 5.60 Å². The van der Waals surface area contributed by atoms with Gasteiger partial charge in [0.05, 0.1) is 11.6 Å². The topological polar surface area (TPSA) is 54.4 Å². The number of aliphatic hydroxyl groups is 1. The van der Waals surface area contributed by atoms with Gasteiger partial charge in [-0.1, -0.05) is 18.2 Å². The molecule has 1 fully saturated rings. The van der Waals surface area contributed by atoms with Crippen LogP contribution in [-0.2, 0) is 4.74 Å². The van der Waals surface area contributed by atoms with E-state index in [1.54, 1.807) is 6.20 Å². The zero-order chi connectivity index (χ0) is 13.3. The molecule has 3 rings (SSSR count). The number of benzene rings is 1. The molecule has 0 radical (unpaired) electrons. The summed E-state index contributed by atoms with van der Waals surface area (Å²) in [7, 11) is 0. The van der Waals surface area contributed by atoms with Crippen molar-refractivity contribution in [3.05, 3.63) is 36.5 Å². The maximum atomic E-state index is 10.5. The minimum absolute atomic E-state index is 0.131. The highest BCUT2D eigenvalue weighted by atomic mass is 16.5. The van der Waals surface area contributed by atoms with E-state index in [-0.39, 0.29) is 6.10 Å². The van der Waals surface area contributed by atoms with Crippen molar-refractivity contribution in [3.63, 3.8) is 0 Å². The van der Waals surface area contributed by atoms with Crippen molar-refractivity contribution in [3.8, 4) is 0 Å². The molecule has 2 atom stereocenters. The van der Waals surface area contributed by atoms with Gasteiger partial charge in [-0.05, 0) is 19.1 Å². The van der Waals surface area contributed by atoms with E-state index in [0.29, 0.717) is 19.6 Å². The Balaban J connectivity index is 1.82. The minimum atomic E-state index is -0.787. The van der Waals surface area contributed by atoms with E-state index in [4.69, 9.17) is 4.74 Å². The molecule has 4 heteroatoms. The Labute approximate surface area is 112 Å². The summed E-state index contributed by atoms with van der Waals surface area (Å²) >= 11 is 0. The van der Waals surface area contributed by atoms with Gasteiger partial charge in [0.25, 0.3) is 0 Å². The lowest BCUT2D eigenvalue weighted by Crippen LogP contribution is -2.43. The predicted molar refractivity (Wildman–Crippen MR) is 75.2 cm³/mol. The Morgan fingerprint density at radius 3 is 3.05 bits per heavy atom. The number of para-hydroxylation sites is 1. The summed E-state index contributed by atoms with van der Waals surface area (Å²) in [4.78, 5) is 4.33. The molecule has 1 aliphatic rings. The highest BCUT2D eigenvalue weighted by molar-refractivity contribution is 5.90. The Bertz CT molecular complexity index is 582. The van der Waals surface area contributed by atoms with E-state index < -0.39 is 5.60 Å². The molecule has 19 heavy (non-hydrogen) atoms. The molecule has 2 aromatic rings. The van der Waals surface area contributed by atoms with Crippen molar-refractivity contribution >= 4 is 16.6 Å². The van der Waals surface area contributed by atoms with Crippen LogP contribution in [0.2, 0.25) is 0 Å². The fourth-order valence-electron chi connectivity index (χ4n) is 2.50. The second kappa shape index (κ2) is 4.79. The molecule has 2 unspecified atom stereocenters. The highest BCUT2D eigenvalue weighted by Gasteiger charge is 2.39. The summed E-state index contributed by atoms with van der Waals surface area (Å²) in [6.45, 7) is 3.03. The first kappa shape index (κ1) is 12.4. The molecule has 2 N–H and O–H groups in total. The largest absolute Gasteiger partial charge is 0.385 e. The molecule has 1 aromatic carbocycles. The predicted octanol–water partition coefficient (Wildman–Crippen LogP) is 2.19. The number of pyridine rings is 1. The van der Waals surface area contributed by atoms with Crippen molar-refractivity contribution in [1.82, 2.24) is 4.98 Å². The van der Waals surface area contributed by atoms with Crippen LogP contribution < -0.4 is 5.32 Å². The first-order chi connectivity index (χ1) is 9.19. The molecule has 1 aromatic heterocycles. The monoisotopic (exact) mass is 258 g/mol. The standard InChI is InChI=1S/C15H18N2O2/c1-11-15(18,7-9-19-11)10-17-14-6-8-16-13-5-3-2-4-12(13)14/h2-6,8,11,18H,7,9-10H2,1H3,(H,16,17). The van der Waals surface area contributed by atoms with Gasteiger partial charge in [0, 0.05) is 36.8 Å². The molecule has 1 saturated heterocycles. The van der Waals surface area contributed by atoms with E-state index in [2.05, 4.69) is 10.3 Å². The first-order valence-electron chi connectivity index (χ1n) is 6.61. The molecule has 0 aliphatic carbocycles. The van der Waals surface area contributed by atoms with Crippen LogP contribution in [-0.4, -0.2) is 34.9 Å². The molecular weight excluding hydrogens is 240 g/mol. The summed E-state index contributed by atoms with van der Waals surface area (Å²) < 4.78 is 5.44. The number of nitrogens with zero attached hydrogens (tertiary/aromatic N) is 1. The van der Waals surface area contributed by atoms with Crippen LogP contribution in [0.4, 0.5) is 5.69 Å². The third-order valence-electron chi connectivity index (χ3n) is 3.89. The Morgan fingerprint density at radius 2 is 2.26 bits per heavy atom. The summed E-state index contributed by atoms with van der Waals surface area (Å²) in [5.74, 6) is 0. The van der Waals surface area contributed by atoms with Gasteiger partial charge in [-0.25, -0.2) is 0 Å². The molecule has 0 saturated carbocycles. The van der Waals surface area contributed by atoms with Crippen molar-refractivity contribution in [2.45, 2.75) is 25.0 Å². The van der Waals surface area contributed by atoms with Crippen LogP contribution in [0.5, 0.6) is 0 Å². The number of nitrogens with one attached hydrogen (secondary N) is 1. The summed E-state index contributed by atoms with van der Waals surface area (Å²) in [5, 5.41) is 14.9. The number of aromatic nitrogens is 1. The Hall–Kier alpha value is -1.65. The van der Waals surface area contributed by atoms with Gasteiger partial charge < -0.3 is 15.2 Å². The van der Waals surface area contributed by atoms with Crippen molar-refractivity contribution in [1.29, 1.82) is 0 Å². The second-order valence-corrected chi connectivity index (χ2v) is 5.10. The number of anilines is 1. The smallest absolute Gasteiger partial charge is 0.110 e. The summed E-state index contributed by atoms with van der Waals surface area (Å²) in [6.07, 6.45) is 2.32. The third-order valence-corrected chi connectivity index (χ3v) is 3.89. The van der Waals surface area contributed by atoms with Crippen LogP contribution in [0.25, 0.3) is 10.9 Å². The number of rotatable bonds is 3. The molecule has 0 bridgehead atoms. The Kier molecular flexibility index (Phi) is 3.12. The molecular formula is C15H18N2O2. The zero-order valence-corrected chi connectivity index (χ0v) is 11.0. The average Bonchev–Trinajstić information content (AvgIpc) is 2.77. The van der Waals surface area contributed by atoms with E-state index in [0.717, 1.165) is 16.6 Å². The lowest BCUT2D eigenvalue weighted by Gasteiger charge is -2.27. The molecule has 100 valence electrons. The van der Waals surface area contributed by atoms with Crippen LogP contribution in [0.1, 0.15) is 13.3 Å². The van der Waals surface area contributed by atoms with E-state index >= 15 is 0 Å². The SMILES string of the molecule is CC1OCCC1(O)CNc1ccnc2ccccc12. The van der Waals surface area contributed by atoms with Crippen LogP contribution in [0, 0.1) is 0 Å². The van der Waals surface area contributed by atoms with E-state index in [1.807, 2.05) is 37.3 Å². The third kappa shape index (κ3) is 2.29.